The van der Waals surface area contributed by atoms with Crippen LogP contribution in [0.25, 0.3) is 0 Å². The zero-order valence-corrected chi connectivity index (χ0v) is 5.80. The number of nitrogens with zero attached hydrogens (tertiary/aromatic N) is 3. The largest absolute Gasteiger partial charge is 0.314 e. The molecule has 1 heterocycles. The third-order valence-corrected chi connectivity index (χ3v) is 1.11. The van der Waals surface area contributed by atoms with E-state index < -0.39 is 4.92 Å². The maximum absolute atomic E-state index is 10.3. The van der Waals surface area contributed by atoms with Crippen LogP contribution in [0, 0.1) is 10.1 Å². The molecule has 6 nitrogen and oxygen atoms in total. The lowest BCUT2D eigenvalue weighted by atomic mass is 10.4. The van der Waals surface area contributed by atoms with Gasteiger partial charge in [0, 0.05) is 12.3 Å². The van der Waals surface area contributed by atoms with Crippen LogP contribution >= 0.6 is 0 Å². The molecule has 0 atom stereocenters. The Morgan fingerprint density at radius 3 is 3.00 bits per heavy atom. The molecule has 0 aliphatic carbocycles. The summed E-state index contributed by atoms with van der Waals surface area (Å²) < 4.78 is 0. The molecule has 0 aliphatic heterocycles. The molecular formula is C6H3N3O3. The Balaban J connectivity index is 3.26. The monoisotopic (exact) mass is 165 g/mol. The molecule has 0 bridgehead atoms. The van der Waals surface area contributed by atoms with Crippen LogP contribution in [0.2, 0.25) is 0 Å². The van der Waals surface area contributed by atoms with E-state index in [-0.39, 0.29) is 11.5 Å². The fourth-order valence-corrected chi connectivity index (χ4v) is 0.660. The first-order valence-electron chi connectivity index (χ1n) is 2.93. The van der Waals surface area contributed by atoms with Gasteiger partial charge in [0.15, 0.2) is 0 Å². The summed E-state index contributed by atoms with van der Waals surface area (Å²) in [5.41, 5.74) is -0.305. The van der Waals surface area contributed by atoms with Crippen molar-refractivity contribution in [3.05, 3.63) is 28.4 Å². The Morgan fingerprint density at radius 1 is 1.67 bits per heavy atom. The van der Waals surface area contributed by atoms with Gasteiger partial charge in [0.2, 0.25) is 11.9 Å². The van der Waals surface area contributed by atoms with E-state index in [2.05, 4.69) is 9.98 Å². The maximum atomic E-state index is 10.3. The first kappa shape index (κ1) is 8.03. The van der Waals surface area contributed by atoms with Gasteiger partial charge in [-0.3, -0.25) is 10.1 Å². The number of isocyanates is 1. The van der Waals surface area contributed by atoms with Crippen molar-refractivity contribution in [2.45, 2.75) is 0 Å². The summed E-state index contributed by atoms with van der Waals surface area (Å²) in [6.45, 7) is 0. The summed E-state index contributed by atoms with van der Waals surface area (Å²) in [6.07, 6.45) is 2.50. The van der Waals surface area contributed by atoms with Gasteiger partial charge < -0.3 is 0 Å². The SMILES string of the molecule is O=C=Nc1ncccc1[N+](=O)[O-]. The van der Waals surface area contributed by atoms with E-state index in [4.69, 9.17) is 0 Å². The predicted molar refractivity (Wildman–Crippen MR) is 38.7 cm³/mol. The van der Waals surface area contributed by atoms with Crippen molar-refractivity contribution < 1.29 is 9.72 Å². The number of hydrogen-bond donors (Lipinski definition) is 0. The fourth-order valence-electron chi connectivity index (χ4n) is 0.660. The molecule has 1 aromatic heterocycles. The van der Waals surface area contributed by atoms with Gasteiger partial charge in [-0.05, 0) is 6.07 Å². The number of pyridine rings is 1. The second-order valence-corrected chi connectivity index (χ2v) is 1.81. The standard InChI is InChI=1S/C6H3N3O3/c10-4-8-6-5(9(11)12)2-1-3-7-6/h1-3H. The van der Waals surface area contributed by atoms with Crippen molar-refractivity contribution in [1.29, 1.82) is 0 Å². The summed E-state index contributed by atoms with van der Waals surface area (Å²) in [7, 11) is 0. The molecular weight excluding hydrogens is 162 g/mol. The highest BCUT2D eigenvalue weighted by Gasteiger charge is 2.12. The van der Waals surface area contributed by atoms with Gasteiger partial charge in [-0.2, -0.15) is 0 Å². The number of carbonyl (C=O) groups excluding carboxylic acids is 1. The molecule has 0 N–H and O–H groups in total. The smallest absolute Gasteiger partial charge is 0.258 e. The minimum Gasteiger partial charge on any atom is -0.258 e. The van der Waals surface area contributed by atoms with Gasteiger partial charge >= 0.3 is 5.69 Å². The first-order chi connectivity index (χ1) is 5.75. The molecule has 0 amide bonds. The zero-order valence-electron chi connectivity index (χ0n) is 5.80. The summed E-state index contributed by atoms with van der Waals surface area (Å²) in [5, 5.41) is 10.3. The average molecular weight is 165 g/mol. The maximum Gasteiger partial charge on any atom is 0.314 e. The average Bonchev–Trinajstić information content (AvgIpc) is 2.05. The second-order valence-electron chi connectivity index (χ2n) is 1.81. The molecule has 60 valence electrons. The first-order valence-corrected chi connectivity index (χ1v) is 2.93. The van der Waals surface area contributed by atoms with Gasteiger partial charge in [-0.25, -0.2) is 9.78 Å². The molecule has 0 aromatic carbocycles. The van der Waals surface area contributed by atoms with E-state index in [0.717, 1.165) is 0 Å². The Labute approximate surface area is 66.7 Å². The topological polar surface area (TPSA) is 85.5 Å². The number of nitro groups is 1. The van der Waals surface area contributed by atoms with E-state index in [1.54, 1.807) is 0 Å². The van der Waals surface area contributed by atoms with Crippen LogP contribution in [0.4, 0.5) is 11.5 Å². The molecule has 6 heteroatoms. The third kappa shape index (κ3) is 1.50. The lowest BCUT2D eigenvalue weighted by Gasteiger charge is -1.91. The molecule has 1 rings (SSSR count). The van der Waals surface area contributed by atoms with Crippen molar-refractivity contribution in [3.8, 4) is 0 Å². The van der Waals surface area contributed by atoms with E-state index >= 15 is 0 Å². The van der Waals surface area contributed by atoms with E-state index in [0.29, 0.717) is 0 Å². The number of hydrogen-bond acceptors (Lipinski definition) is 5. The van der Waals surface area contributed by atoms with E-state index in [1.807, 2.05) is 0 Å². The summed E-state index contributed by atoms with van der Waals surface area (Å²) in [4.78, 5) is 26.0. The molecule has 0 unspecified atom stereocenters. The van der Waals surface area contributed by atoms with Crippen LogP contribution in [-0.4, -0.2) is 16.0 Å². The number of aliphatic imine (C=N–C) groups is 1. The fraction of sp³-hybridized carbons (Fsp3) is 0. The minimum atomic E-state index is -0.664. The highest BCUT2D eigenvalue weighted by Crippen LogP contribution is 2.22. The Hall–Kier alpha value is -2.07. The molecule has 1 aromatic rings. The quantitative estimate of drug-likeness (QED) is 0.282. The van der Waals surface area contributed by atoms with Crippen LogP contribution in [0.15, 0.2) is 23.3 Å². The Morgan fingerprint density at radius 2 is 2.42 bits per heavy atom. The van der Waals surface area contributed by atoms with Crippen LogP contribution in [0.3, 0.4) is 0 Å². The normalized spacial score (nSPS) is 8.67. The Bertz CT molecular complexity index is 336. The van der Waals surface area contributed by atoms with Crippen LogP contribution in [0.1, 0.15) is 0 Å². The predicted octanol–water partition coefficient (Wildman–Crippen LogP) is 0.957. The van der Waals surface area contributed by atoms with Crippen molar-refractivity contribution in [2.75, 3.05) is 0 Å². The van der Waals surface area contributed by atoms with Crippen molar-refractivity contribution >= 4 is 17.6 Å². The molecule has 0 spiro atoms. The minimum absolute atomic E-state index is 0.225. The van der Waals surface area contributed by atoms with Gasteiger partial charge in [-0.15, -0.1) is 4.99 Å². The van der Waals surface area contributed by atoms with Gasteiger partial charge in [-0.1, -0.05) is 0 Å². The van der Waals surface area contributed by atoms with Gasteiger partial charge in [0.05, 0.1) is 4.92 Å². The highest BCUT2D eigenvalue weighted by atomic mass is 16.6. The number of aromatic nitrogens is 1. The van der Waals surface area contributed by atoms with Crippen LogP contribution < -0.4 is 0 Å². The number of rotatable bonds is 2. The zero-order chi connectivity index (χ0) is 8.97. The molecule has 0 saturated carbocycles. The van der Waals surface area contributed by atoms with E-state index in [1.165, 1.54) is 24.4 Å². The summed E-state index contributed by atoms with van der Waals surface area (Å²) >= 11 is 0. The molecule has 0 saturated heterocycles. The second kappa shape index (κ2) is 3.36. The third-order valence-electron chi connectivity index (χ3n) is 1.11. The molecule has 12 heavy (non-hydrogen) atoms. The molecule has 0 fully saturated rings. The van der Waals surface area contributed by atoms with Gasteiger partial charge in [0.1, 0.15) is 0 Å². The Kier molecular flexibility index (Phi) is 2.25. The van der Waals surface area contributed by atoms with Crippen molar-refractivity contribution in [3.63, 3.8) is 0 Å². The lowest BCUT2D eigenvalue weighted by molar-refractivity contribution is -0.384. The summed E-state index contributed by atoms with van der Waals surface area (Å²) in [6, 6.07) is 2.60. The van der Waals surface area contributed by atoms with E-state index in [9.17, 15) is 14.9 Å². The van der Waals surface area contributed by atoms with Crippen molar-refractivity contribution in [1.82, 2.24) is 4.98 Å². The van der Waals surface area contributed by atoms with Crippen LogP contribution in [0.5, 0.6) is 0 Å². The van der Waals surface area contributed by atoms with Crippen molar-refractivity contribution in [2.24, 2.45) is 4.99 Å². The lowest BCUT2D eigenvalue weighted by Crippen LogP contribution is -1.89. The molecule has 0 aliphatic rings. The highest BCUT2D eigenvalue weighted by molar-refractivity contribution is 5.56. The van der Waals surface area contributed by atoms with Crippen LogP contribution in [-0.2, 0) is 4.79 Å². The molecule has 0 radical (unpaired) electrons. The van der Waals surface area contributed by atoms with Gasteiger partial charge in [0.25, 0.3) is 0 Å². The summed E-state index contributed by atoms with van der Waals surface area (Å²) in [5.74, 6) is -0.225.